The highest BCUT2D eigenvalue weighted by Crippen LogP contribution is 2.28. The third-order valence-corrected chi connectivity index (χ3v) is 4.67. The molecule has 0 atom stereocenters. The molecule has 27 heavy (non-hydrogen) atoms. The Hall–Kier alpha value is -2.28. The predicted octanol–water partition coefficient (Wildman–Crippen LogP) is 5.01. The Bertz CT molecular complexity index is 924. The Balaban J connectivity index is 1.75. The molecule has 1 N–H and O–H groups in total. The average Bonchev–Trinajstić information content (AvgIpc) is 3.08. The summed E-state index contributed by atoms with van der Waals surface area (Å²) in [5.41, 5.74) is 1.57. The number of hydrogen-bond acceptors (Lipinski definition) is 5. The number of rotatable bonds is 8. The van der Waals surface area contributed by atoms with Gasteiger partial charge in [0, 0.05) is 32.7 Å². The summed E-state index contributed by atoms with van der Waals surface area (Å²) in [5, 5.41) is 16.4. The lowest BCUT2D eigenvalue weighted by Crippen LogP contribution is -2.09. The maximum absolute atomic E-state index is 6.21. The first kappa shape index (κ1) is 19.5. The largest absolute Gasteiger partial charge is 0.488 e. The van der Waals surface area contributed by atoms with E-state index < -0.39 is 0 Å². The molecule has 140 valence electrons. The summed E-state index contributed by atoms with van der Waals surface area (Å²) in [6, 6.07) is 10.7. The van der Waals surface area contributed by atoms with Gasteiger partial charge in [-0.05, 0) is 40.8 Å². The molecule has 0 amide bonds. The van der Waals surface area contributed by atoms with Gasteiger partial charge in [-0.3, -0.25) is 0 Å². The molecule has 1 aromatic heterocycles. The second kappa shape index (κ2) is 9.08. The summed E-state index contributed by atoms with van der Waals surface area (Å²) in [5.74, 6) is 1.18. The number of ether oxygens (including phenoxy) is 1. The SMILES string of the molecule is C=CCn1nnnc1NCc1cc(Cl)ccc1OCc1c(Cl)cccc1Cl. The molecule has 0 aliphatic heterocycles. The molecule has 0 aliphatic carbocycles. The van der Waals surface area contributed by atoms with Crippen molar-refractivity contribution in [2.45, 2.75) is 19.7 Å². The van der Waals surface area contributed by atoms with Crippen molar-refractivity contribution in [1.29, 1.82) is 0 Å². The quantitative estimate of drug-likeness (QED) is 0.515. The molecular formula is C18H16Cl3N5O. The van der Waals surface area contributed by atoms with E-state index in [1.54, 1.807) is 41.1 Å². The summed E-state index contributed by atoms with van der Waals surface area (Å²) in [6.45, 7) is 4.84. The van der Waals surface area contributed by atoms with E-state index in [0.29, 0.717) is 39.9 Å². The number of nitrogens with one attached hydrogen (secondary N) is 1. The highest BCUT2D eigenvalue weighted by atomic mass is 35.5. The van der Waals surface area contributed by atoms with Gasteiger partial charge in [0.15, 0.2) is 0 Å². The van der Waals surface area contributed by atoms with Gasteiger partial charge in [0.25, 0.3) is 0 Å². The first-order chi connectivity index (χ1) is 13.1. The van der Waals surface area contributed by atoms with E-state index in [1.807, 2.05) is 6.07 Å². The van der Waals surface area contributed by atoms with E-state index in [-0.39, 0.29) is 6.61 Å². The van der Waals surface area contributed by atoms with Crippen LogP contribution < -0.4 is 10.1 Å². The van der Waals surface area contributed by atoms with Gasteiger partial charge in [-0.25, -0.2) is 4.68 Å². The van der Waals surface area contributed by atoms with Crippen LogP contribution in [0, 0.1) is 0 Å². The van der Waals surface area contributed by atoms with Crippen LogP contribution >= 0.6 is 34.8 Å². The number of aromatic nitrogens is 4. The zero-order valence-corrected chi connectivity index (χ0v) is 16.5. The molecule has 0 fully saturated rings. The van der Waals surface area contributed by atoms with E-state index >= 15 is 0 Å². The number of anilines is 1. The highest BCUT2D eigenvalue weighted by Gasteiger charge is 2.11. The minimum Gasteiger partial charge on any atom is -0.488 e. The molecule has 1 heterocycles. The predicted molar refractivity (Wildman–Crippen MR) is 108 cm³/mol. The van der Waals surface area contributed by atoms with Crippen LogP contribution in [-0.2, 0) is 19.7 Å². The smallest absolute Gasteiger partial charge is 0.243 e. The van der Waals surface area contributed by atoms with Crippen LogP contribution in [0.3, 0.4) is 0 Å². The molecule has 0 unspecified atom stereocenters. The van der Waals surface area contributed by atoms with Crippen molar-refractivity contribution >= 4 is 40.8 Å². The van der Waals surface area contributed by atoms with E-state index in [0.717, 1.165) is 11.1 Å². The molecule has 2 aromatic carbocycles. The van der Waals surface area contributed by atoms with E-state index in [4.69, 9.17) is 39.5 Å². The summed E-state index contributed by atoms with van der Waals surface area (Å²) >= 11 is 18.6. The van der Waals surface area contributed by atoms with E-state index in [2.05, 4.69) is 27.4 Å². The fourth-order valence-corrected chi connectivity index (χ4v) is 3.10. The normalized spacial score (nSPS) is 10.6. The third-order valence-electron chi connectivity index (χ3n) is 3.73. The zero-order valence-electron chi connectivity index (χ0n) is 14.2. The number of allylic oxidation sites excluding steroid dienone is 1. The number of hydrogen-bond donors (Lipinski definition) is 1. The van der Waals surface area contributed by atoms with Gasteiger partial charge in [-0.2, -0.15) is 0 Å². The molecule has 0 saturated carbocycles. The van der Waals surface area contributed by atoms with Crippen molar-refractivity contribution in [2.75, 3.05) is 5.32 Å². The van der Waals surface area contributed by atoms with Crippen molar-refractivity contribution in [2.24, 2.45) is 0 Å². The van der Waals surface area contributed by atoms with Crippen LogP contribution in [0.25, 0.3) is 0 Å². The first-order valence-electron chi connectivity index (χ1n) is 8.03. The lowest BCUT2D eigenvalue weighted by atomic mass is 10.2. The first-order valence-corrected chi connectivity index (χ1v) is 9.17. The Morgan fingerprint density at radius 1 is 1.15 bits per heavy atom. The Labute approximate surface area is 171 Å². The van der Waals surface area contributed by atoms with Crippen molar-refractivity contribution in [3.05, 3.63) is 75.2 Å². The molecule has 0 saturated heterocycles. The summed E-state index contributed by atoms with van der Waals surface area (Å²) in [7, 11) is 0. The van der Waals surface area contributed by atoms with Gasteiger partial charge in [-0.15, -0.1) is 6.58 Å². The molecule has 3 rings (SSSR count). The van der Waals surface area contributed by atoms with Crippen molar-refractivity contribution in [3.8, 4) is 5.75 Å². The minimum atomic E-state index is 0.237. The van der Waals surface area contributed by atoms with Crippen molar-refractivity contribution in [1.82, 2.24) is 20.2 Å². The maximum Gasteiger partial charge on any atom is 0.243 e. The van der Waals surface area contributed by atoms with Crippen molar-refractivity contribution < 1.29 is 4.74 Å². The number of nitrogens with zero attached hydrogens (tertiary/aromatic N) is 4. The van der Waals surface area contributed by atoms with Crippen molar-refractivity contribution in [3.63, 3.8) is 0 Å². The lowest BCUT2D eigenvalue weighted by molar-refractivity contribution is 0.303. The van der Waals surface area contributed by atoms with Gasteiger partial charge in [0.2, 0.25) is 5.95 Å². The monoisotopic (exact) mass is 423 g/mol. The van der Waals surface area contributed by atoms with Crippen LogP contribution in [0.1, 0.15) is 11.1 Å². The third kappa shape index (κ3) is 4.91. The fourth-order valence-electron chi connectivity index (χ4n) is 2.40. The molecule has 0 aliphatic rings. The van der Waals surface area contributed by atoms with Crippen LogP contribution in [0.2, 0.25) is 15.1 Å². The molecule has 6 nitrogen and oxygen atoms in total. The average molecular weight is 425 g/mol. The fraction of sp³-hybridized carbons (Fsp3) is 0.167. The molecular weight excluding hydrogens is 409 g/mol. The minimum absolute atomic E-state index is 0.237. The molecule has 0 bridgehead atoms. The van der Waals surface area contributed by atoms with Gasteiger partial charge in [-0.1, -0.05) is 52.0 Å². The van der Waals surface area contributed by atoms with Crippen LogP contribution in [0.15, 0.2) is 49.1 Å². The summed E-state index contributed by atoms with van der Waals surface area (Å²) in [4.78, 5) is 0. The summed E-state index contributed by atoms with van der Waals surface area (Å²) < 4.78 is 7.54. The topological polar surface area (TPSA) is 64.9 Å². The standard InChI is InChI=1S/C18H16Cl3N5O/c1-2-8-26-18(23-24-25-26)22-10-12-9-13(19)6-7-17(12)27-11-14-15(20)4-3-5-16(14)21/h2-7,9H,1,8,10-11H2,(H,22,23,25). The maximum atomic E-state index is 6.21. The van der Waals surface area contributed by atoms with Crippen LogP contribution in [0.5, 0.6) is 5.75 Å². The van der Waals surface area contributed by atoms with Crippen LogP contribution in [-0.4, -0.2) is 20.2 Å². The van der Waals surface area contributed by atoms with Gasteiger partial charge < -0.3 is 10.1 Å². The molecule has 9 heteroatoms. The van der Waals surface area contributed by atoms with E-state index in [9.17, 15) is 0 Å². The van der Waals surface area contributed by atoms with E-state index in [1.165, 1.54) is 0 Å². The highest BCUT2D eigenvalue weighted by molar-refractivity contribution is 6.36. The van der Waals surface area contributed by atoms with Gasteiger partial charge in [0.1, 0.15) is 12.4 Å². The second-order valence-electron chi connectivity index (χ2n) is 5.57. The zero-order chi connectivity index (χ0) is 19.2. The second-order valence-corrected chi connectivity index (χ2v) is 6.82. The van der Waals surface area contributed by atoms with Gasteiger partial charge in [0.05, 0.1) is 6.54 Å². The molecule has 3 aromatic rings. The Morgan fingerprint density at radius 3 is 2.67 bits per heavy atom. The lowest BCUT2D eigenvalue weighted by Gasteiger charge is -2.14. The summed E-state index contributed by atoms with van der Waals surface area (Å²) in [6.07, 6.45) is 1.71. The van der Waals surface area contributed by atoms with Crippen LogP contribution in [0.4, 0.5) is 5.95 Å². The number of halogens is 3. The number of benzene rings is 2. The molecule has 0 radical (unpaired) electrons. The van der Waals surface area contributed by atoms with Gasteiger partial charge >= 0.3 is 0 Å². The molecule has 0 spiro atoms. The Morgan fingerprint density at radius 2 is 1.93 bits per heavy atom. The Kier molecular flexibility index (Phi) is 6.55. The number of tetrazole rings is 1.